The van der Waals surface area contributed by atoms with E-state index in [1.807, 2.05) is 24.3 Å². The molecule has 0 unspecified atom stereocenters. The minimum atomic E-state index is 0.153. The summed E-state index contributed by atoms with van der Waals surface area (Å²) in [6.07, 6.45) is 5.20. The largest absolute Gasteiger partial charge is 0.480 e. The van der Waals surface area contributed by atoms with Crippen LogP contribution in [0.4, 0.5) is 5.82 Å². The summed E-state index contributed by atoms with van der Waals surface area (Å²) in [5.41, 5.74) is 4.10. The summed E-state index contributed by atoms with van der Waals surface area (Å²) in [6.45, 7) is 5.74. The van der Waals surface area contributed by atoms with Crippen molar-refractivity contribution in [1.82, 2.24) is 30.1 Å². The molecule has 1 aliphatic heterocycles. The van der Waals surface area contributed by atoms with Gasteiger partial charge in [-0.15, -0.1) is 0 Å². The topological polar surface area (TPSA) is 102 Å². The third kappa shape index (κ3) is 3.79. The Morgan fingerprint density at radius 2 is 1.90 bits per heavy atom. The number of nitrogens with zero attached hydrogens (tertiary/aromatic N) is 6. The van der Waals surface area contributed by atoms with Crippen LogP contribution in [0.2, 0.25) is 0 Å². The van der Waals surface area contributed by atoms with Gasteiger partial charge in [0, 0.05) is 30.1 Å². The molecule has 2 atom stereocenters. The predicted octanol–water partition coefficient (Wildman–Crippen LogP) is 3.10. The quantitative estimate of drug-likeness (QED) is 0.540. The van der Waals surface area contributed by atoms with E-state index < -0.39 is 0 Å². The van der Waals surface area contributed by atoms with Crippen LogP contribution in [0.15, 0.2) is 43.0 Å². The van der Waals surface area contributed by atoms with E-state index in [0.29, 0.717) is 5.88 Å². The summed E-state index contributed by atoms with van der Waals surface area (Å²) in [5.74, 6) is 1.34. The smallest absolute Gasteiger partial charge is 0.232 e. The van der Waals surface area contributed by atoms with Crippen molar-refractivity contribution in [3.63, 3.8) is 0 Å². The molecule has 1 saturated heterocycles. The Balaban J connectivity index is 1.53. The van der Waals surface area contributed by atoms with Crippen LogP contribution < -0.4 is 9.64 Å². The number of benzene rings is 1. The van der Waals surface area contributed by atoms with E-state index in [-0.39, 0.29) is 12.2 Å². The number of nitrogens with one attached hydrogen (secondary N) is 1. The van der Waals surface area contributed by atoms with E-state index in [4.69, 9.17) is 9.47 Å². The van der Waals surface area contributed by atoms with Gasteiger partial charge in [0.25, 0.3) is 0 Å². The summed E-state index contributed by atoms with van der Waals surface area (Å²) in [7, 11) is 1.58. The first-order valence-electron chi connectivity index (χ1n) is 10.2. The van der Waals surface area contributed by atoms with Gasteiger partial charge in [0.1, 0.15) is 17.8 Å². The van der Waals surface area contributed by atoms with Gasteiger partial charge in [-0.05, 0) is 26.0 Å². The first-order chi connectivity index (χ1) is 15.1. The summed E-state index contributed by atoms with van der Waals surface area (Å²) in [6, 6.07) is 7.99. The number of rotatable bonds is 4. The standard InChI is InChI=1S/C22H23N7O2/c1-13-10-29(11-14(2)31-13)20-7-18(24-12-25-20)22-16-6-15(4-5-17(16)27-28-22)19-8-23-9-21(26-19)30-3/h4-9,12-14H,10-11H2,1-3H3,(H,27,28)/t13-,14+. The van der Waals surface area contributed by atoms with E-state index in [1.54, 1.807) is 25.8 Å². The van der Waals surface area contributed by atoms with Crippen molar-refractivity contribution in [2.75, 3.05) is 25.1 Å². The molecule has 4 heterocycles. The third-order valence-electron chi connectivity index (χ3n) is 5.32. The van der Waals surface area contributed by atoms with Gasteiger partial charge in [-0.3, -0.25) is 10.1 Å². The Morgan fingerprint density at radius 1 is 1.06 bits per heavy atom. The molecule has 5 rings (SSSR count). The van der Waals surface area contributed by atoms with Gasteiger partial charge in [-0.1, -0.05) is 6.07 Å². The average Bonchev–Trinajstić information content (AvgIpc) is 3.22. The van der Waals surface area contributed by atoms with Crippen molar-refractivity contribution < 1.29 is 9.47 Å². The monoisotopic (exact) mass is 417 g/mol. The maximum absolute atomic E-state index is 5.85. The van der Waals surface area contributed by atoms with E-state index in [0.717, 1.165) is 52.5 Å². The van der Waals surface area contributed by atoms with Crippen molar-refractivity contribution in [3.8, 4) is 28.5 Å². The van der Waals surface area contributed by atoms with Gasteiger partial charge >= 0.3 is 0 Å². The Labute approximate surface area is 179 Å². The normalized spacial score (nSPS) is 19.0. The summed E-state index contributed by atoms with van der Waals surface area (Å²) >= 11 is 0. The number of methoxy groups -OCH3 is 1. The highest BCUT2D eigenvalue weighted by molar-refractivity contribution is 5.94. The maximum atomic E-state index is 5.85. The molecule has 0 amide bonds. The number of morpholine rings is 1. The Bertz CT molecular complexity index is 1220. The van der Waals surface area contributed by atoms with Crippen LogP contribution in [-0.4, -0.2) is 62.5 Å². The lowest BCUT2D eigenvalue weighted by Crippen LogP contribution is -2.45. The minimum Gasteiger partial charge on any atom is -0.480 e. The second-order valence-corrected chi connectivity index (χ2v) is 7.70. The molecular weight excluding hydrogens is 394 g/mol. The first kappa shape index (κ1) is 19.4. The first-order valence-corrected chi connectivity index (χ1v) is 10.2. The van der Waals surface area contributed by atoms with Crippen LogP contribution in [-0.2, 0) is 4.74 Å². The van der Waals surface area contributed by atoms with Gasteiger partial charge < -0.3 is 14.4 Å². The Morgan fingerprint density at radius 3 is 2.71 bits per heavy atom. The summed E-state index contributed by atoms with van der Waals surface area (Å²) in [4.78, 5) is 19.9. The van der Waals surface area contributed by atoms with E-state index in [9.17, 15) is 0 Å². The summed E-state index contributed by atoms with van der Waals surface area (Å²) in [5, 5.41) is 8.58. The van der Waals surface area contributed by atoms with Gasteiger partial charge in [-0.2, -0.15) is 5.10 Å². The lowest BCUT2D eigenvalue weighted by atomic mass is 10.1. The van der Waals surface area contributed by atoms with Gasteiger partial charge in [0.2, 0.25) is 5.88 Å². The van der Waals surface area contributed by atoms with Crippen molar-refractivity contribution >= 4 is 16.7 Å². The number of H-pyrrole nitrogens is 1. The zero-order valence-electron chi connectivity index (χ0n) is 17.6. The average molecular weight is 417 g/mol. The molecule has 1 aliphatic rings. The number of fused-ring (bicyclic) bond motifs is 1. The van der Waals surface area contributed by atoms with Gasteiger partial charge in [0.05, 0.1) is 48.6 Å². The molecule has 1 N–H and O–H groups in total. The lowest BCUT2D eigenvalue weighted by molar-refractivity contribution is -0.00546. The zero-order chi connectivity index (χ0) is 21.4. The third-order valence-corrected chi connectivity index (χ3v) is 5.32. The highest BCUT2D eigenvalue weighted by Gasteiger charge is 2.24. The maximum Gasteiger partial charge on any atom is 0.232 e. The van der Waals surface area contributed by atoms with Crippen LogP contribution >= 0.6 is 0 Å². The molecule has 1 fully saturated rings. The molecule has 9 nitrogen and oxygen atoms in total. The van der Waals surface area contributed by atoms with Crippen LogP contribution in [0.3, 0.4) is 0 Å². The summed E-state index contributed by atoms with van der Waals surface area (Å²) < 4.78 is 11.1. The number of ether oxygens (including phenoxy) is 2. The fourth-order valence-corrected chi connectivity index (χ4v) is 3.97. The van der Waals surface area contributed by atoms with E-state index in [1.165, 1.54) is 0 Å². The van der Waals surface area contributed by atoms with Crippen molar-refractivity contribution in [2.45, 2.75) is 26.1 Å². The molecule has 0 aliphatic carbocycles. The van der Waals surface area contributed by atoms with Crippen LogP contribution in [0.25, 0.3) is 33.5 Å². The molecule has 0 bridgehead atoms. The van der Waals surface area contributed by atoms with Crippen molar-refractivity contribution in [1.29, 1.82) is 0 Å². The Kier molecular flexibility index (Phi) is 4.95. The van der Waals surface area contributed by atoms with E-state index in [2.05, 4.69) is 48.9 Å². The fourth-order valence-electron chi connectivity index (χ4n) is 3.97. The number of hydrogen-bond acceptors (Lipinski definition) is 8. The number of hydrogen-bond donors (Lipinski definition) is 1. The van der Waals surface area contributed by atoms with Crippen LogP contribution in [0.1, 0.15) is 13.8 Å². The number of aromatic nitrogens is 6. The second-order valence-electron chi connectivity index (χ2n) is 7.70. The van der Waals surface area contributed by atoms with Crippen LogP contribution in [0, 0.1) is 0 Å². The molecule has 1 aromatic carbocycles. The van der Waals surface area contributed by atoms with Gasteiger partial charge in [0.15, 0.2) is 0 Å². The molecule has 3 aromatic heterocycles. The molecule has 4 aromatic rings. The molecule has 158 valence electrons. The zero-order valence-corrected chi connectivity index (χ0v) is 17.6. The Hall–Kier alpha value is -3.59. The van der Waals surface area contributed by atoms with Crippen LogP contribution in [0.5, 0.6) is 5.88 Å². The minimum absolute atomic E-state index is 0.153. The van der Waals surface area contributed by atoms with Gasteiger partial charge in [-0.25, -0.2) is 15.0 Å². The molecule has 0 radical (unpaired) electrons. The highest BCUT2D eigenvalue weighted by atomic mass is 16.5. The van der Waals surface area contributed by atoms with Crippen molar-refractivity contribution in [3.05, 3.63) is 43.0 Å². The molecular formula is C22H23N7O2. The molecule has 0 spiro atoms. The molecule has 31 heavy (non-hydrogen) atoms. The van der Waals surface area contributed by atoms with E-state index >= 15 is 0 Å². The predicted molar refractivity (Wildman–Crippen MR) is 117 cm³/mol. The highest BCUT2D eigenvalue weighted by Crippen LogP contribution is 2.30. The second kappa shape index (κ2) is 7.92. The van der Waals surface area contributed by atoms with Crippen molar-refractivity contribution in [2.24, 2.45) is 0 Å². The molecule has 0 saturated carbocycles. The number of aromatic amines is 1. The fraction of sp³-hybridized carbons (Fsp3) is 0.318. The molecule has 9 heteroatoms. The SMILES string of the molecule is COc1cncc(-c2ccc3[nH]nc(-c4cc(N5C[C@@H](C)O[C@@H](C)C5)ncn4)c3c2)n1. The lowest BCUT2D eigenvalue weighted by Gasteiger charge is -2.36. The number of anilines is 1.